The van der Waals surface area contributed by atoms with Crippen LogP contribution in [0.25, 0.3) is 0 Å². The molecule has 0 amide bonds. The zero-order chi connectivity index (χ0) is 9.14. The van der Waals surface area contributed by atoms with Gasteiger partial charge in [0.15, 0.2) is 0 Å². The summed E-state index contributed by atoms with van der Waals surface area (Å²) >= 11 is 0. The van der Waals surface area contributed by atoms with Crippen LogP contribution in [0.1, 0.15) is 32.6 Å². The summed E-state index contributed by atoms with van der Waals surface area (Å²) in [6, 6.07) is 0. The first-order valence-electron chi connectivity index (χ1n) is 4.22. The Morgan fingerprint density at radius 1 is 1.50 bits per heavy atom. The normalized spacial score (nSPS) is 23.8. The minimum absolute atomic E-state index is 0.487. The molecule has 1 N–H and O–H groups in total. The SMILES string of the molecule is CC1CCC(=C(F)C(=O)O)CC1. The zero-order valence-corrected chi connectivity index (χ0v) is 7.14. The second-order valence-electron chi connectivity index (χ2n) is 3.41. The van der Waals surface area contributed by atoms with Gasteiger partial charge in [0, 0.05) is 0 Å². The van der Waals surface area contributed by atoms with Crippen molar-refractivity contribution in [2.45, 2.75) is 32.6 Å². The molecule has 0 aromatic rings. The number of carbonyl (C=O) groups is 1. The van der Waals surface area contributed by atoms with Gasteiger partial charge in [-0.3, -0.25) is 0 Å². The van der Waals surface area contributed by atoms with Crippen LogP contribution in [0.5, 0.6) is 0 Å². The number of carboxylic acids is 1. The Morgan fingerprint density at radius 3 is 2.42 bits per heavy atom. The number of hydrogen-bond donors (Lipinski definition) is 1. The lowest BCUT2D eigenvalue weighted by atomic mass is 9.87. The average Bonchev–Trinajstić information content (AvgIpc) is 2.04. The molecule has 68 valence electrons. The van der Waals surface area contributed by atoms with Crippen molar-refractivity contribution in [2.24, 2.45) is 5.92 Å². The Kier molecular flexibility index (Phi) is 2.84. The lowest BCUT2D eigenvalue weighted by Gasteiger charge is -2.19. The third kappa shape index (κ3) is 2.06. The van der Waals surface area contributed by atoms with Crippen LogP contribution < -0.4 is 0 Å². The highest BCUT2D eigenvalue weighted by atomic mass is 19.1. The average molecular weight is 172 g/mol. The van der Waals surface area contributed by atoms with E-state index in [1.165, 1.54) is 0 Å². The summed E-state index contributed by atoms with van der Waals surface area (Å²) in [6.07, 6.45) is 3.05. The Morgan fingerprint density at radius 2 is 2.00 bits per heavy atom. The van der Waals surface area contributed by atoms with Crippen molar-refractivity contribution >= 4 is 5.97 Å². The summed E-state index contributed by atoms with van der Waals surface area (Å²) in [5, 5.41) is 8.37. The molecule has 0 aromatic carbocycles. The van der Waals surface area contributed by atoms with Gasteiger partial charge in [-0.1, -0.05) is 6.92 Å². The number of aliphatic carboxylic acids is 1. The van der Waals surface area contributed by atoms with Gasteiger partial charge in [-0.2, -0.15) is 4.39 Å². The molecule has 1 rings (SSSR count). The standard InChI is InChI=1S/C9H13FO2/c1-6-2-4-7(5-3-6)8(10)9(11)12/h6H,2-5H2,1H3,(H,11,12). The lowest BCUT2D eigenvalue weighted by Crippen LogP contribution is -2.08. The monoisotopic (exact) mass is 172 g/mol. The van der Waals surface area contributed by atoms with Gasteiger partial charge in [0.25, 0.3) is 0 Å². The molecule has 0 heterocycles. The molecule has 0 aliphatic heterocycles. The summed E-state index contributed by atoms with van der Waals surface area (Å²) < 4.78 is 12.8. The van der Waals surface area contributed by atoms with Gasteiger partial charge < -0.3 is 5.11 Å². The van der Waals surface area contributed by atoms with E-state index in [1.807, 2.05) is 0 Å². The highest BCUT2D eigenvalue weighted by Crippen LogP contribution is 2.30. The highest BCUT2D eigenvalue weighted by molar-refractivity contribution is 5.84. The summed E-state index contributed by atoms with van der Waals surface area (Å²) in [4.78, 5) is 10.2. The van der Waals surface area contributed by atoms with Crippen LogP contribution in [0, 0.1) is 5.92 Å². The van der Waals surface area contributed by atoms with Crippen molar-refractivity contribution in [3.8, 4) is 0 Å². The quantitative estimate of drug-likeness (QED) is 0.617. The summed E-state index contributed by atoms with van der Waals surface area (Å²) in [6.45, 7) is 2.11. The van der Waals surface area contributed by atoms with Gasteiger partial charge in [-0.25, -0.2) is 4.79 Å². The Hall–Kier alpha value is -0.860. The predicted molar refractivity (Wildman–Crippen MR) is 43.4 cm³/mol. The maximum absolute atomic E-state index is 12.8. The first-order valence-corrected chi connectivity index (χ1v) is 4.22. The van der Waals surface area contributed by atoms with Gasteiger partial charge in [-0.15, -0.1) is 0 Å². The summed E-state index contributed by atoms with van der Waals surface area (Å²) in [5.41, 5.74) is 0.487. The van der Waals surface area contributed by atoms with Crippen LogP contribution >= 0.6 is 0 Å². The van der Waals surface area contributed by atoms with Crippen molar-refractivity contribution in [3.05, 3.63) is 11.4 Å². The van der Waals surface area contributed by atoms with Crippen LogP contribution in [-0.4, -0.2) is 11.1 Å². The maximum atomic E-state index is 12.8. The van der Waals surface area contributed by atoms with E-state index in [0.717, 1.165) is 12.8 Å². The second-order valence-corrected chi connectivity index (χ2v) is 3.41. The molecule has 3 heteroatoms. The topological polar surface area (TPSA) is 37.3 Å². The van der Waals surface area contributed by atoms with E-state index in [9.17, 15) is 9.18 Å². The smallest absolute Gasteiger partial charge is 0.364 e. The summed E-state index contributed by atoms with van der Waals surface area (Å²) in [5.74, 6) is -1.74. The minimum Gasteiger partial charge on any atom is -0.476 e. The number of allylic oxidation sites excluding steroid dienone is 1. The molecule has 0 saturated heterocycles. The van der Waals surface area contributed by atoms with E-state index in [-0.39, 0.29) is 0 Å². The van der Waals surface area contributed by atoms with Crippen molar-refractivity contribution < 1.29 is 14.3 Å². The van der Waals surface area contributed by atoms with Gasteiger partial charge in [0.05, 0.1) is 0 Å². The Balaban J connectivity index is 2.64. The molecule has 0 spiro atoms. The fourth-order valence-corrected chi connectivity index (χ4v) is 1.48. The molecule has 0 unspecified atom stereocenters. The zero-order valence-electron chi connectivity index (χ0n) is 7.14. The van der Waals surface area contributed by atoms with Crippen LogP contribution in [0.3, 0.4) is 0 Å². The molecule has 0 radical (unpaired) electrons. The minimum atomic E-state index is -1.42. The molecule has 2 nitrogen and oxygen atoms in total. The molecular weight excluding hydrogens is 159 g/mol. The molecule has 0 aromatic heterocycles. The van der Waals surface area contributed by atoms with Gasteiger partial charge in [0.1, 0.15) is 0 Å². The van der Waals surface area contributed by atoms with Crippen LogP contribution in [0.4, 0.5) is 4.39 Å². The van der Waals surface area contributed by atoms with E-state index in [4.69, 9.17) is 5.11 Å². The van der Waals surface area contributed by atoms with Gasteiger partial charge in [0.2, 0.25) is 5.83 Å². The van der Waals surface area contributed by atoms with Crippen molar-refractivity contribution in [1.82, 2.24) is 0 Å². The Bertz CT molecular complexity index is 211. The number of halogens is 1. The van der Waals surface area contributed by atoms with Crippen LogP contribution in [0.2, 0.25) is 0 Å². The second kappa shape index (κ2) is 3.70. The predicted octanol–water partition coefficient (Wildman–Crippen LogP) is 2.50. The molecule has 12 heavy (non-hydrogen) atoms. The molecule has 0 bridgehead atoms. The van der Waals surface area contributed by atoms with E-state index in [2.05, 4.69) is 6.92 Å². The Labute approximate surface area is 71.1 Å². The largest absolute Gasteiger partial charge is 0.476 e. The number of rotatable bonds is 1. The van der Waals surface area contributed by atoms with E-state index in [0.29, 0.717) is 24.3 Å². The molecule has 1 aliphatic rings. The van der Waals surface area contributed by atoms with E-state index < -0.39 is 11.8 Å². The third-order valence-electron chi connectivity index (χ3n) is 2.38. The van der Waals surface area contributed by atoms with Crippen LogP contribution in [0.15, 0.2) is 11.4 Å². The third-order valence-corrected chi connectivity index (χ3v) is 2.38. The lowest BCUT2D eigenvalue weighted by molar-refractivity contribution is -0.134. The molecule has 1 saturated carbocycles. The molecule has 0 atom stereocenters. The number of carboxylic acid groups (broad SMARTS) is 1. The van der Waals surface area contributed by atoms with Crippen molar-refractivity contribution in [1.29, 1.82) is 0 Å². The molecular formula is C9H13FO2. The van der Waals surface area contributed by atoms with Crippen molar-refractivity contribution in [2.75, 3.05) is 0 Å². The van der Waals surface area contributed by atoms with Crippen LogP contribution in [-0.2, 0) is 4.79 Å². The maximum Gasteiger partial charge on any atom is 0.364 e. The van der Waals surface area contributed by atoms with E-state index >= 15 is 0 Å². The van der Waals surface area contributed by atoms with E-state index in [1.54, 1.807) is 0 Å². The fourth-order valence-electron chi connectivity index (χ4n) is 1.48. The summed E-state index contributed by atoms with van der Waals surface area (Å²) in [7, 11) is 0. The van der Waals surface area contributed by atoms with Gasteiger partial charge in [-0.05, 0) is 37.2 Å². The van der Waals surface area contributed by atoms with Gasteiger partial charge >= 0.3 is 5.97 Å². The fraction of sp³-hybridized carbons (Fsp3) is 0.667. The first-order chi connectivity index (χ1) is 5.61. The molecule has 1 aliphatic carbocycles. The van der Waals surface area contributed by atoms with Crippen molar-refractivity contribution in [3.63, 3.8) is 0 Å². The highest BCUT2D eigenvalue weighted by Gasteiger charge is 2.19. The molecule has 1 fully saturated rings. The number of hydrogen-bond acceptors (Lipinski definition) is 1. The first kappa shape index (κ1) is 9.23.